The number of aromatic nitrogens is 1. The standard InChI is InChI=1S/C49H36Cl2N4O8/c1-61-32-14-8-28(9-15-32)49-36(46(58)55(48(49)60)53-38-18-10-29(50)22-37(38)51)23-35-33(43(49)27-20-26-21-31(56)13-19-40(26)62-24-27)16-17-34-42(35)47(59)54(45(34)57)30-11-6-25(7-12-30)44-52-39-4-2-3-5-41(39)63-44/h2-16,18-19,21-22,24,34-36,42-43,53,56H,17,20,23H2,1H3. The predicted molar refractivity (Wildman–Crippen MR) is 234 cm³/mol. The van der Waals surface area contributed by atoms with Crippen LogP contribution in [0.25, 0.3) is 22.6 Å². The Morgan fingerprint density at radius 1 is 0.873 bits per heavy atom. The van der Waals surface area contributed by atoms with Gasteiger partial charge in [-0.25, -0.2) is 4.98 Å². The molecule has 4 amide bonds. The van der Waals surface area contributed by atoms with Crippen molar-refractivity contribution in [3.05, 3.63) is 154 Å². The van der Waals surface area contributed by atoms with Gasteiger partial charge in [0.2, 0.25) is 17.7 Å². The molecule has 3 fully saturated rings. The first-order chi connectivity index (χ1) is 30.5. The van der Waals surface area contributed by atoms with Crippen LogP contribution in [0.1, 0.15) is 24.0 Å². The van der Waals surface area contributed by atoms with Gasteiger partial charge < -0.3 is 19.0 Å². The molecular formula is C49H36Cl2N4O8. The van der Waals surface area contributed by atoms with Crippen molar-refractivity contribution in [1.29, 1.82) is 0 Å². The molecule has 2 N–H and O–H groups in total. The summed E-state index contributed by atoms with van der Waals surface area (Å²) in [7, 11) is 1.55. The molecule has 314 valence electrons. The summed E-state index contributed by atoms with van der Waals surface area (Å²) < 4.78 is 17.7. The zero-order valence-corrected chi connectivity index (χ0v) is 35.0. The number of ether oxygens (including phenoxy) is 2. The molecule has 0 spiro atoms. The van der Waals surface area contributed by atoms with Crippen LogP contribution in [-0.2, 0) is 31.0 Å². The molecule has 0 bridgehead atoms. The molecule has 4 heterocycles. The Labute approximate surface area is 370 Å². The number of hydrogen-bond donors (Lipinski definition) is 2. The molecule has 1 saturated carbocycles. The van der Waals surface area contributed by atoms with Crippen molar-refractivity contribution in [2.45, 2.75) is 24.7 Å². The van der Waals surface area contributed by atoms with Gasteiger partial charge in [-0.05, 0) is 115 Å². The molecule has 1 aromatic heterocycles. The van der Waals surface area contributed by atoms with E-state index in [1.165, 1.54) is 17.0 Å². The van der Waals surface area contributed by atoms with Crippen molar-refractivity contribution in [2.75, 3.05) is 17.4 Å². The maximum absolute atomic E-state index is 15.7. The third-order valence-corrected chi connectivity index (χ3v) is 13.9. The maximum Gasteiger partial charge on any atom is 0.260 e. The van der Waals surface area contributed by atoms with Crippen LogP contribution >= 0.6 is 23.2 Å². The summed E-state index contributed by atoms with van der Waals surface area (Å²) in [5.74, 6) is -4.23. The molecule has 5 aromatic carbocycles. The van der Waals surface area contributed by atoms with Gasteiger partial charge in [0.05, 0.1) is 52.9 Å². The highest BCUT2D eigenvalue weighted by atomic mass is 35.5. The highest BCUT2D eigenvalue weighted by Gasteiger charge is 2.71. The maximum atomic E-state index is 15.7. The Bertz CT molecular complexity index is 2970. The summed E-state index contributed by atoms with van der Waals surface area (Å²) >= 11 is 12.8. The van der Waals surface area contributed by atoms with E-state index in [4.69, 9.17) is 37.1 Å². The SMILES string of the molecule is COc1ccc(C23C(=O)N(Nc4ccc(Cl)cc4Cl)C(=O)C2CC2C(=CCC4C(=O)N(c5ccc(-c6nc7ccccc7o6)cc5)C(=O)C42)C3C2=COc3ccc(O)cc3C2)cc1. The molecule has 12 nitrogen and oxygen atoms in total. The zero-order chi connectivity index (χ0) is 43.3. The van der Waals surface area contributed by atoms with Crippen molar-refractivity contribution in [1.82, 2.24) is 9.99 Å². The zero-order valence-electron chi connectivity index (χ0n) is 33.5. The third-order valence-electron chi connectivity index (χ3n) is 13.4. The van der Waals surface area contributed by atoms with Gasteiger partial charge in [-0.2, -0.15) is 5.01 Å². The lowest BCUT2D eigenvalue weighted by Gasteiger charge is -2.51. The quantitative estimate of drug-likeness (QED) is 0.117. The number of nitrogens with one attached hydrogen (secondary N) is 1. The average molecular weight is 880 g/mol. The number of allylic oxidation sites excluding steroid dienone is 3. The average Bonchev–Trinajstić information content (AvgIpc) is 3.91. The fourth-order valence-electron chi connectivity index (χ4n) is 10.7. The van der Waals surface area contributed by atoms with E-state index in [9.17, 15) is 14.7 Å². The van der Waals surface area contributed by atoms with Crippen molar-refractivity contribution in [2.24, 2.45) is 29.6 Å². The van der Waals surface area contributed by atoms with E-state index in [2.05, 4.69) is 10.4 Å². The topological polar surface area (TPSA) is 152 Å². The number of methoxy groups -OCH3 is 1. The van der Waals surface area contributed by atoms with Crippen LogP contribution in [-0.4, -0.2) is 45.8 Å². The van der Waals surface area contributed by atoms with Crippen LogP contribution in [0.3, 0.4) is 0 Å². The molecule has 2 aliphatic carbocycles. The lowest BCUT2D eigenvalue weighted by molar-refractivity contribution is -0.139. The summed E-state index contributed by atoms with van der Waals surface area (Å²) in [5, 5.41) is 12.2. The number of phenolic OH excluding ortho intramolecular Hbond substituents is 1. The van der Waals surface area contributed by atoms with E-state index in [-0.39, 0.29) is 41.8 Å². The van der Waals surface area contributed by atoms with Gasteiger partial charge in [-0.3, -0.25) is 29.5 Å². The predicted octanol–water partition coefficient (Wildman–Crippen LogP) is 9.06. The Hall–Kier alpha value is -6.89. The van der Waals surface area contributed by atoms with E-state index >= 15 is 9.59 Å². The number of anilines is 2. The largest absolute Gasteiger partial charge is 0.508 e. The fourth-order valence-corrected chi connectivity index (χ4v) is 11.1. The van der Waals surface area contributed by atoms with Crippen molar-refractivity contribution in [3.8, 4) is 28.7 Å². The minimum absolute atomic E-state index is 0.0435. The Morgan fingerprint density at radius 3 is 2.43 bits per heavy atom. The van der Waals surface area contributed by atoms with E-state index in [1.54, 1.807) is 86.2 Å². The number of benzene rings is 5. The minimum Gasteiger partial charge on any atom is -0.508 e. The number of imide groups is 2. The van der Waals surface area contributed by atoms with Crippen molar-refractivity contribution in [3.63, 3.8) is 0 Å². The first kappa shape index (κ1) is 39.0. The highest BCUT2D eigenvalue weighted by Crippen LogP contribution is 2.63. The summed E-state index contributed by atoms with van der Waals surface area (Å²) in [5.41, 5.74) is 6.86. The number of rotatable bonds is 7. The summed E-state index contributed by atoms with van der Waals surface area (Å²) in [6.07, 6.45) is 4.19. The molecule has 11 rings (SSSR count). The molecule has 6 atom stereocenters. The molecule has 63 heavy (non-hydrogen) atoms. The van der Waals surface area contributed by atoms with Gasteiger partial charge >= 0.3 is 0 Å². The molecule has 5 aliphatic rings. The van der Waals surface area contributed by atoms with Crippen LogP contribution in [0.2, 0.25) is 10.0 Å². The molecule has 0 radical (unpaired) electrons. The minimum atomic E-state index is -1.57. The van der Waals surface area contributed by atoms with Crippen LogP contribution in [0.5, 0.6) is 17.2 Å². The number of hydrogen-bond acceptors (Lipinski definition) is 10. The number of amides is 4. The molecule has 3 aliphatic heterocycles. The molecular weight excluding hydrogens is 843 g/mol. The van der Waals surface area contributed by atoms with Gasteiger partial charge in [-0.15, -0.1) is 0 Å². The van der Waals surface area contributed by atoms with E-state index in [1.807, 2.05) is 30.3 Å². The van der Waals surface area contributed by atoms with Crippen LogP contribution < -0.4 is 19.8 Å². The van der Waals surface area contributed by atoms with Gasteiger partial charge in [0.15, 0.2) is 5.58 Å². The number of hydrazine groups is 1. The second-order valence-electron chi connectivity index (χ2n) is 16.5. The Balaban J connectivity index is 1.03. The summed E-state index contributed by atoms with van der Waals surface area (Å²) in [6, 6.07) is 31.1. The number of oxazole rings is 1. The van der Waals surface area contributed by atoms with Gasteiger partial charge in [0, 0.05) is 28.5 Å². The molecule has 14 heteroatoms. The summed E-state index contributed by atoms with van der Waals surface area (Å²) in [6.45, 7) is 0. The van der Waals surface area contributed by atoms with Crippen LogP contribution in [0.15, 0.2) is 137 Å². The Kier molecular flexibility index (Phi) is 9.04. The van der Waals surface area contributed by atoms with Crippen molar-refractivity contribution >= 4 is 69.3 Å². The van der Waals surface area contributed by atoms with Gasteiger partial charge in [0.1, 0.15) is 22.8 Å². The van der Waals surface area contributed by atoms with E-state index in [0.717, 1.165) is 10.6 Å². The first-order valence-corrected chi connectivity index (χ1v) is 21.3. The Morgan fingerprint density at radius 2 is 1.67 bits per heavy atom. The number of nitrogens with zero attached hydrogens (tertiary/aromatic N) is 3. The number of carbonyl (C=O) groups is 4. The summed E-state index contributed by atoms with van der Waals surface area (Å²) in [4.78, 5) is 66.1. The van der Waals surface area contributed by atoms with Gasteiger partial charge in [0.25, 0.3) is 11.8 Å². The second-order valence-corrected chi connectivity index (χ2v) is 17.4. The number of halogens is 2. The van der Waals surface area contributed by atoms with Crippen LogP contribution in [0, 0.1) is 29.6 Å². The molecule has 6 aromatic rings. The lowest BCUT2D eigenvalue weighted by Crippen LogP contribution is -2.55. The lowest BCUT2D eigenvalue weighted by atomic mass is 9.48. The van der Waals surface area contributed by atoms with E-state index < -0.39 is 46.8 Å². The number of phenols is 1. The molecule has 6 unspecified atom stereocenters. The van der Waals surface area contributed by atoms with Crippen molar-refractivity contribution < 1.29 is 38.2 Å². The number of fused-ring (bicyclic) bond motifs is 6. The monoisotopic (exact) mass is 878 g/mol. The number of carbonyl (C=O) groups excluding carboxylic acids is 4. The smallest absolute Gasteiger partial charge is 0.260 e. The third kappa shape index (κ3) is 5.92. The highest BCUT2D eigenvalue weighted by molar-refractivity contribution is 6.36. The van der Waals surface area contributed by atoms with Gasteiger partial charge in [-0.1, -0.05) is 59.1 Å². The second kappa shape index (κ2) is 14.6. The first-order valence-electron chi connectivity index (χ1n) is 20.5. The normalized spacial score (nSPS) is 24.9. The van der Waals surface area contributed by atoms with Crippen LogP contribution in [0.4, 0.5) is 11.4 Å². The van der Waals surface area contributed by atoms with E-state index in [0.29, 0.717) is 67.2 Å². The fraction of sp³-hybridized carbons (Fsp3) is 0.204. The number of aromatic hydroxyl groups is 1. The molecule has 2 saturated heterocycles. The number of para-hydroxylation sites is 2.